The van der Waals surface area contributed by atoms with Gasteiger partial charge in [0.15, 0.2) is 0 Å². The fourth-order valence-corrected chi connectivity index (χ4v) is 2.76. The van der Waals surface area contributed by atoms with E-state index >= 15 is 0 Å². The number of hydrogen-bond donors (Lipinski definition) is 0. The van der Waals surface area contributed by atoms with Crippen LogP contribution in [0, 0.1) is 11.3 Å². The SMILES string of the molecule is CC(=O)N1CC2(CC=C(C(C)C)CC2)C1. The summed E-state index contributed by atoms with van der Waals surface area (Å²) in [5, 5.41) is 0. The van der Waals surface area contributed by atoms with Crippen LogP contribution in [0.5, 0.6) is 0 Å². The van der Waals surface area contributed by atoms with Gasteiger partial charge in [-0.05, 0) is 25.2 Å². The van der Waals surface area contributed by atoms with E-state index in [0.29, 0.717) is 11.3 Å². The molecule has 2 rings (SSSR count). The first-order valence-corrected chi connectivity index (χ1v) is 5.97. The summed E-state index contributed by atoms with van der Waals surface area (Å²) in [5.74, 6) is 0.936. The van der Waals surface area contributed by atoms with Gasteiger partial charge in [0.2, 0.25) is 5.91 Å². The van der Waals surface area contributed by atoms with Crippen molar-refractivity contribution in [3.8, 4) is 0 Å². The van der Waals surface area contributed by atoms with Crippen LogP contribution in [-0.4, -0.2) is 23.9 Å². The molecule has 0 saturated carbocycles. The van der Waals surface area contributed by atoms with Crippen LogP contribution in [0.1, 0.15) is 40.0 Å². The van der Waals surface area contributed by atoms with Crippen molar-refractivity contribution in [3.63, 3.8) is 0 Å². The Morgan fingerprint density at radius 1 is 1.47 bits per heavy atom. The molecular weight excluding hydrogens is 186 g/mol. The van der Waals surface area contributed by atoms with E-state index in [1.165, 1.54) is 19.3 Å². The molecule has 84 valence electrons. The zero-order valence-electron chi connectivity index (χ0n) is 10.0. The van der Waals surface area contributed by atoms with Gasteiger partial charge < -0.3 is 4.90 Å². The molecule has 0 aromatic heterocycles. The van der Waals surface area contributed by atoms with E-state index in [1.807, 2.05) is 4.90 Å². The smallest absolute Gasteiger partial charge is 0.219 e. The molecule has 1 spiro atoms. The van der Waals surface area contributed by atoms with Crippen molar-refractivity contribution < 1.29 is 4.79 Å². The second kappa shape index (κ2) is 3.66. The minimum Gasteiger partial charge on any atom is -0.342 e. The molecule has 1 fully saturated rings. The Kier molecular flexibility index (Phi) is 2.61. The minimum atomic E-state index is 0.235. The van der Waals surface area contributed by atoms with Crippen LogP contribution in [-0.2, 0) is 4.79 Å². The summed E-state index contributed by atoms with van der Waals surface area (Å²) in [6, 6.07) is 0. The fraction of sp³-hybridized carbons (Fsp3) is 0.769. The summed E-state index contributed by atoms with van der Waals surface area (Å²) >= 11 is 0. The molecule has 0 unspecified atom stereocenters. The van der Waals surface area contributed by atoms with Crippen molar-refractivity contribution in [2.24, 2.45) is 11.3 Å². The van der Waals surface area contributed by atoms with E-state index in [0.717, 1.165) is 13.1 Å². The van der Waals surface area contributed by atoms with Gasteiger partial charge in [0.25, 0.3) is 0 Å². The van der Waals surface area contributed by atoms with E-state index in [-0.39, 0.29) is 5.91 Å². The molecule has 0 aromatic rings. The van der Waals surface area contributed by atoms with Crippen LogP contribution in [0.15, 0.2) is 11.6 Å². The Morgan fingerprint density at radius 2 is 2.13 bits per heavy atom. The molecule has 2 aliphatic rings. The lowest BCUT2D eigenvalue weighted by atomic mass is 9.68. The third-order valence-corrected chi connectivity index (χ3v) is 3.98. The van der Waals surface area contributed by atoms with Gasteiger partial charge in [0.1, 0.15) is 0 Å². The zero-order valence-corrected chi connectivity index (χ0v) is 10.0. The van der Waals surface area contributed by atoms with Gasteiger partial charge in [-0.2, -0.15) is 0 Å². The summed E-state index contributed by atoms with van der Waals surface area (Å²) < 4.78 is 0. The number of amides is 1. The van der Waals surface area contributed by atoms with E-state index in [4.69, 9.17) is 0 Å². The van der Waals surface area contributed by atoms with Crippen molar-refractivity contribution in [2.45, 2.75) is 40.0 Å². The average molecular weight is 207 g/mol. The minimum absolute atomic E-state index is 0.235. The van der Waals surface area contributed by atoms with Crippen LogP contribution >= 0.6 is 0 Å². The van der Waals surface area contributed by atoms with Crippen molar-refractivity contribution in [1.29, 1.82) is 0 Å². The van der Waals surface area contributed by atoms with Crippen LogP contribution in [0.3, 0.4) is 0 Å². The van der Waals surface area contributed by atoms with E-state index in [9.17, 15) is 4.79 Å². The first-order chi connectivity index (χ1) is 7.02. The quantitative estimate of drug-likeness (QED) is 0.605. The van der Waals surface area contributed by atoms with Gasteiger partial charge in [-0.1, -0.05) is 25.5 Å². The average Bonchev–Trinajstić information content (AvgIpc) is 2.13. The van der Waals surface area contributed by atoms with Crippen LogP contribution in [0.2, 0.25) is 0 Å². The Bertz CT molecular complexity index is 298. The summed E-state index contributed by atoms with van der Waals surface area (Å²) in [4.78, 5) is 13.1. The second-order valence-electron chi connectivity index (χ2n) is 5.51. The van der Waals surface area contributed by atoms with Gasteiger partial charge >= 0.3 is 0 Å². The maximum absolute atomic E-state index is 11.1. The number of carbonyl (C=O) groups excluding carboxylic acids is 1. The van der Waals surface area contributed by atoms with E-state index < -0.39 is 0 Å². The van der Waals surface area contributed by atoms with E-state index in [1.54, 1.807) is 12.5 Å². The topological polar surface area (TPSA) is 20.3 Å². The third-order valence-electron chi connectivity index (χ3n) is 3.98. The number of allylic oxidation sites excluding steroid dienone is 2. The predicted octanol–water partition coefficient (Wildman–Crippen LogP) is 2.60. The first-order valence-electron chi connectivity index (χ1n) is 5.97. The molecule has 1 heterocycles. The molecule has 0 N–H and O–H groups in total. The lowest BCUT2D eigenvalue weighted by Crippen LogP contribution is -2.58. The highest BCUT2D eigenvalue weighted by atomic mass is 16.2. The van der Waals surface area contributed by atoms with Crippen molar-refractivity contribution in [1.82, 2.24) is 4.90 Å². The number of rotatable bonds is 1. The largest absolute Gasteiger partial charge is 0.342 e. The van der Waals surface area contributed by atoms with Gasteiger partial charge in [0, 0.05) is 25.4 Å². The van der Waals surface area contributed by atoms with Gasteiger partial charge in [-0.3, -0.25) is 4.79 Å². The molecule has 15 heavy (non-hydrogen) atoms. The summed E-state index contributed by atoms with van der Waals surface area (Å²) in [6.07, 6.45) is 6.13. The molecule has 0 aromatic carbocycles. The lowest BCUT2D eigenvalue weighted by molar-refractivity contribution is -0.141. The first kappa shape index (κ1) is 10.7. The Labute approximate surface area is 92.3 Å². The van der Waals surface area contributed by atoms with Gasteiger partial charge in [-0.25, -0.2) is 0 Å². The molecule has 1 saturated heterocycles. The molecule has 1 amide bonds. The van der Waals surface area contributed by atoms with E-state index in [2.05, 4.69) is 19.9 Å². The van der Waals surface area contributed by atoms with Crippen molar-refractivity contribution in [3.05, 3.63) is 11.6 Å². The molecule has 2 heteroatoms. The molecule has 0 bridgehead atoms. The number of hydrogen-bond acceptors (Lipinski definition) is 1. The predicted molar refractivity (Wildman–Crippen MR) is 61.5 cm³/mol. The molecule has 0 atom stereocenters. The Hall–Kier alpha value is -0.790. The van der Waals surface area contributed by atoms with Gasteiger partial charge in [-0.15, -0.1) is 0 Å². The Balaban J connectivity index is 1.93. The number of nitrogens with zero attached hydrogens (tertiary/aromatic N) is 1. The monoisotopic (exact) mass is 207 g/mol. The molecule has 2 nitrogen and oxygen atoms in total. The van der Waals surface area contributed by atoms with Crippen LogP contribution in [0.25, 0.3) is 0 Å². The molecule has 1 aliphatic carbocycles. The maximum Gasteiger partial charge on any atom is 0.219 e. The van der Waals surface area contributed by atoms with Crippen LogP contribution < -0.4 is 0 Å². The highest BCUT2D eigenvalue weighted by Crippen LogP contribution is 2.44. The van der Waals surface area contributed by atoms with Crippen molar-refractivity contribution in [2.75, 3.05) is 13.1 Å². The normalized spacial score (nSPS) is 24.0. The summed E-state index contributed by atoms with van der Waals surface area (Å²) in [6.45, 7) is 8.19. The molecular formula is C13H21NO. The fourth-order valence-electron chi connectivity index (χ4n) is 2.76. The van der Waals surface area contributed by atoms with Crippen LogP contribution in [0.4, 0.5) is 0 Å². The third kappa shape index (κ3) is 1.95. The maximum atomic E-state index is 11.1. The Morgan fingerprint density at radius 3 is 2.53 bits per heavy atom. The second-order valence-corrected chi connectivity index (χ2v) is 5.51. The van der Waals surface area contributed by atoms with Crippen molar-refractivity contribution >= 4 is 5.91 Å². The summed E-state index contributed by atoms with van der Waals surface area (Å²) in [7, 11) is 0. The zero-order chi connectivity index (χ0) is 11.1. The van der Waals surface area contributed by atoms with Gasteiger partial charge in [0.05, 0.1) is 0 Å². The highest BCUT2D eigenvalue weighted by molar-refractivity contribution is 5.74. The molecule has 0 radical (unpaired) electrons. The summed E-state index contributed by atoms with van der Waals surface area (Å²) in [5.41, 5.74) is 2.06. The highest BCUT2D eigenvalue weighted by Gasteiger charge is 2.44. The number of likely N-dealkylation sites (tertiary alicyclic amines) is 1. The molecule has 1 aliphatic heterocycles. The lowest BCUT2D eigenvalue weighted by Gasteiger charge is -2.51. The number of carbonyl (C=O) groups is 1. The standard InChI is InChI=1S/C13H21NO/c1-10(2)12-4-6-13(7-5-12)8-14(9-13)11(3)15/h4,10H,5-9H2,1-3H3.